The second kappa shape index (κ2) is 9.36. The molecule has 2 aromatic heterocycles. The molecular weight excluding hydrogens is 400 g/mol. The average molecular weight is 429 g/mol. The molecule has 0 atom stereocenters. The summed E-state index contributed by atoms with van der Waals surface area (Å²) in [6.45, 7) is 4.25. The van der Waals surface area contributed by atoms with Crippen LogP contribution >= 0.6 is 0 Å². The lowest BCUT2D eigenvalue weighted by Gasteiger charge is -2.26. The van der Waals surface area contributed by atoms with Crippen LogP contribution in [0.5, 0.6) is 5.75 Å². The number of piperidine rings is 1. The Labute approximate surface area is 187 Å². The van der Waals surface area contributed by atoms with E-state index in [1.54, 1.807) is 6.20 Å². The van der Waals surface area contributed by atoms with Gasteiger partial charge in [-0.3, -0.25) is 0 Å². The van der Waals surface area contributed by atoms with Crippen LogP contribution in [0.25, 0.3) is 33.8 Å². The van der Waals surface area contributed by atoms with Gasteiger partial charge in [-0.2, -0.15) is 0 Å². The van der Waals surface area contributed by atoms with Crippen molar-refractivity contribution in [3.05, 3.63) is 54.7 Å². The number of nitrogen functional groups attached to an aromatic ring is 1. The van der Waals surface area contributed by atoms with E-state index in [9.17, 15) is 0 Å². The molecule has 1 aliphatic heterocycles. The van der Waals surface area contributed by atoms with Crippen LogP contribution in [-0.4, -0.2) is 51.1 Å². The number of hydrogen-bond acceptors (Lipinski definition) is 6. The molecular formula is C25H28N6O. The van der Waals surface area contributed by atoms with Gasteiger partial charge in [-0.25, -0.2) is 15.0 Å². The summed E-state index contributed by atoms with van der Waals surface area (Å²) in [5, 5.41) is 0. The van der Waals surface area contributed by atoms with Crippen LogP contribution in [0.2, 0.25) is 0 Å². The predicted molar refractivity (Wildman–Crippen MR) is 127 cm³/mol. The van der Waals surface area contributed by atoms with Crippen LogP contribution in [0.15, 0.2) is 54.7 Å². The maximum atomic E-state index is 6.13. The number of imidazole rings is 1. The SMILES string of the molecule is Nc1ncc(-c2cccc(OCCCN3CCCCC3)c2)nc1-c1nc2ccccc2[nH]1. The fourth-order valence-corrected chi connectivity index (χ4v) is 4.18. The van der Waals surface area contributed by atoms with Crippen molar-refractivity contribution in [2.24, 2.45) is 0 Å². The zero-order chi connectivity index (χ0) is 21.8. The summed E-state index contributed by atoms with van der Waals surface area (Å²) < 4.78 is 6.02. The molecule has 164 valence electrons. The maximum absolute atomic E-state index is 6.13. The first-order chi connectivity index (χ1) is 15.8. The van der Waals surface area contributed by atoms with Crippen LogP contribution in [-0.2, 0) is 0 Å². The third-order valence-corrected chi connectivity index (χ3v) is 5.88. The Morgan fingerprint density at radius 1 is 1.00 bits per heavy atom. The molecule has 0 aliphatic carbocycles. The lowest BCUT2D eigenvalue weighted by molar-refractivity contribution is 0.205. The van der Waals surface area contributed by atoms with E-state index in [1.165, 1.54) is 32.4 Å². The van der Waals surface area contributed by atoms with Crippen molar-refractivity contribution in [2.45, 2.75) is 25.7 Å². The monoisotopic (exact) mass is 428 g/mol. The number of nitrogens with zero attached hydrogens (tertiary/aromatic N) is 4. The smallest absolute Gasteiger partial charge is 0.161 e. The predicted octanol–water partition coefficient (Wildman–Crippen LogP) is 4.52. The molecule has 7 nitrogen and oxygen atoms in total. The van der Waals surface area contributed by atoms with E-state index in [0.717, 1.165) is 41.0 Å². The van der Waals surface area contributed by atoms with Gasteiger partial charge in [0.05, 0.1) is 29.5 Å². The molecule has 0 radical (unpaired) electrons. The lowest BCUT2D eigenvalue weighted by Crippen LogP contribution is -2.31. The van der Waals surface area contributed by atoms with Crippen molar-refractivity contribution < 1.29 is 4.74 Å². The molecule has 32 heavy (non-hydrogen) atoms. The molecule has 3 heterocycles. The van der Waals surface area contributed by atoms with Crippen molar-refractivity contribution in [2.75, 3.05) is 32.0 Å². The Balaban J connectivity index is 1.30. The zero-order valence-electron chi connectivity index (χ0n) is 18.1. The van der Waals surface area contributed by atoms with Gasteiger partial charge < -0.3 is 20.4 Å². The number of para-hydroxylation sites is 2. The highest BCUT2D eigenvalue weighted by Gasteiger charge is 2.14. The number of nitrogens with one attached hydrogen (secondary N) is 1. The number of ether oxygens (including phenoxy) is 1. The second-order valence-corrected chi connectivity index (χ2v) is 8.22. The van der Waals surface area contributed by atoms with Gasteiger partial charge in [0.1, 0.15) is 11.4 Å². The summed E-state index contributed by atoms with van der Waals surface area (Å²) in [4.78, 5) is 19.6. The summed E-state index contributed by atoms with van der Waals surface area (Å²) in [5.41, 5.74) is 10.2. The van der Waals surface area contributed by atoms with E-state index in [2.05, 4.69) is 19.9 Å². The summed E-state index contributed by atoms with van der Waals surface area (Å²) >= 11 is 0. The fourth-order valence-electron chi connectivity index (χ4n) is 4.18. The molecule has 7 heteroatoms. The van der Waals surface area contributed by atoms with Crippen molar-refractivity contribution >= 4 is 16.9 Å². The van der Waals surface area contributed by atoms with Crippen molar-refractivity contribution in [3.8, 4) is 28.5 Å². The van der Waals surface area contributed by atoms with Crippen molar-refractivity contribution in [1.82, 2.24) is 24.8 Å². The number of fused-ring (bicyclic) bond motifs is 1. The first-order valence-corrected chi connectivity index (χ1v) is 11.3. The molecule has 1 fully saturated rings. The molecule has 2 aromatic carbocycles. The minimum absolute atomic E-state index is 0.345. The molecule has 3 N–H and O–H groups in total. The lowest BCUT2D eigenvalue weighted by atomic mass is 10.1. The average Bonchev–Trinajstić information content (AvgIpc) is 3.27. The van der Waals surface area contributed by atoms with Gasteiger partial charge in [0.15, 0.2) is 11.6 Å². The molecule has 0 bridgehead atoms. The van der Waals surface area contributed by atoms with Gasteiger partial charge in [0.2, 0.25) is 0 Å². The number of H-pyrrole nitrogens is 1. The molecule has 0 spiro atoms. The first kappa shape index (κ1) is 20.5. The molecule has 0 unspecified atom stereocenters. The van der Waals surface area contributed by atoms with Crippen LogP contribution in [0, 0.1) is 0 Å². The highest BCUT2D eigenvalue weighted by atomic mass is 16.5. The van der Waals surface area contributed by atoms with E-state index < -0.39 is 0 Å². The van der Waals surface area contributed by atoms with Gasteiger partial charge in [-0.1, -0.05) is 30.7 Å². The number of rotatable bonds is 7. The quantitative estimate of drug-likeness (QED) is 0.420. The van der Waals surface area contributed by atoms with Crippen LogP contribution < -0.4 is 10.5 Å². The topological polar surface area (TPSA) is 93.0 Å². The summed E-state index contributed by atoms with van der Waals surface area (Å²) in [5.74, 6) is 1.80. The summed E-state index contributed by atoms with van der Waals surface area (Å²) in [6.07, 6.45) is 6.73. The summed E-state index contributed by atoms with van der Waals surface area (Å²) in [7, 11) is 0. The third-order valence-electron chi connectivity index (χ3n) is 5.88. The number of aromatic amines is 1. The standard InChI is InChI=1S/C25H28N6O/c26-24-23(25-29-20-10-2-3-11-21(20)30-25)28-22(17-27-24)18-8-6-9-19(16-18)32-15-7-14-31-12-4-1-5-13-31/h2-3,6,8-11,16-17H,1,4-5,7,12-15H2,(H2,26,27)(H,29,30). The van der Waals surface area contributed by atoms with Crippen molar-refractivity contribution in [3.63, 3.8) is 0 Å². The highest BCUT2D eigenvalue weighted by molar-refractivity contribution is 5.81. The minimum Gasteiger partial charge on any atom is -0.494 e. The molecule has 1 saturated heterocycles. The fraction of sp³-hybridized carbons (Fsp3) is 0.320. The number of hydrogen-bond donors (Lipinski definition) is 2. The van der Waals surface area contributed by atoms with E-state index in [4.69, 9.17) is 15.5 Å². The van der Waals surface area contributed by atoms with Crippen LogP contribution in [0.3, 0.4) is 0 Å². The van der Waals surface area contributed by atoms with Gasteiger partial charge in [-0.05, 0) is 56.6 Å². The number of nitrogens with two attached hydrogens (primary N) is 1. The normalized spacial score (nSPS) is 14.6. The molecule has 5 rings (SSSR count). The Morgan fingerprint density at radius 2 is 1.88 bits per heavy atom. The molecule has 4 aromatic rings. The Morgan fingerprint density at radius 3 is 2.75 bits per heavy atom. The first-order valence-electron chi connectivity index (χ1n) is 11.3. The van der Waals surface area contributed by atoms with E-state index >= 15 is 0 Å². The highest BCUT2D eigenvalue weighted by Crippen LogP contribution is 2.27. The number of aromatic nitrogens is 4. The molecule has 0 amide bonds. The van der Waals surface area contributed by atoms with Gasteiger partial charge in [-0.15, -0.1) is 0 Å². The Hall–Kier alpha value is -3.45. The number of benzene rings is 2. The maximum Gasteiger partial charge on any atom is 0.161 e. The van der Waals surface area contributed by atoms with Gasteiger partial charge in [0.25, 0.3) is 0 Å². The number of anilines is 1. The van der Waals surface area contributed by atoms with Gasteiger partial charge in [0, 0.05) is 12.1 Å². The largest absolute Gasteiger partial charge is 0.494 e. The van der Waals surface area contributed by atoms with E-state index in [1.807, 2.05) is 48.5 Å². The Kier molecular flexibility index (Phi) is 5.98. The van der Waals surface area contributed by atoms with Crippen LogP contribution in [0.4, 0.5) is 5.82 Å². The van der Waals surface area contributed by atoms with Crippen LogP contribution in [0.1, 0.15) is 25.7 Å². The van der Waals surface area contributed by atoms with Gasteiger partial charge >= 0.3 is 0 Å². The van der Waals surface area contributed by atoms with E-state index in [0.29, 0.717) is 23.9 Å². The zero-order valence-corrected chi connectivity index (χ0v) is 18.1. The number of likely N-dealkylation sites (tertiary alicyclic amines) is 1. The van der Waals surface area contributed by atoms with Crippen molar-refractivity contribution in [1.29, 1.82) is 0 Å². The molecule has 1 aliphatic rings. The minimum atomic E-state index is 0.345. The third kappa shape index (κ3) is 4.57. The second-order valence-electron chi connectivity index (χ2n) is 8.22. The Bertz CT molecular complexity index is 1160. The molecule has 0 saturated carbocycles. The van der Waals surface area contributed by atoms with E-state index in [-0.39, 0.29) is 0 Å². The summed E-state index contributed by atoms with van der Waals surface area (Å²) in [6, 6.07) is 15.8.